The van der Waals surface area contributed by atoms with Crippen LogP contribution in [0.1, 0.15) is 91.5 Å². The van der Waals surface area contributed by atoms with Crippen LogP contribution in [0.3, 0.4) is 0 Å². The van der Waals surface area contributed by atoms with Crippen LogP contribution in [0.4, 0.5) is 0 Å². The molecule has 42 heavy (non-hydrogen) atoms. The Morgan fingerprint density at radius 3 is 1.90 bits per heavy atom. The molecule has 226 valence electrons. The number of allylic oxidation sites excluding steroid dienone is 4. The Bertz CT molecular complexity index is 1640. The Morgan fingerprint density at radius 1 is 0.810 bits per heavy atom. The molecule has 3 aromatic rings. The summed E-state index contributed by atoms with van der Waals surface area (Å²) >= 11 is -4.36. The van der Waals surface area contributed by atoms with Crippen molar-refractivity contribution in [2.75, 3.05) is 0 Å². The van der Waals surface area contributed by atoms with Gasteiger partial charge < -0.3 is 0 Å². The van der Waals surface area contributed by atoms with Gasteiger partial charge in [0.25, 0.3) is 0 Å². The molecule has 1 atom stereocenters. The van der Waals surface area contributed by atoms with Gasteiger partial charge in [0.2, 0.25) is 0 Å². The van der Waals surface area contributed by atoms with Crippen molar-refractivity contribution in [2.45, 2.75) is 91.1 Å². The van der Waals surface area contributed by atoms with Gasteiger partial charge in [0.05, 0.1) is 0 Å². The molecule has 2 aliphatic rings. The predicted octanol–water partition coefficient (Wildman–Crippen LogP) is 10.3. The molecule has 0 N–H and O–H groups in total. The normalized spacial score (nSPS) is 17.0. The summed E-state index contributed by atoms with van der Waals surface area (Å²) in [6, 6.07) is 23.8. The Balaban J connectivity index is 0.00000242. The quantitative estimate of drug-likeness (QED) is 0.201. The van der Waals surface area contributed by atoms with Crippen molar-refractivity contribution < 1.29 is 18.3 Å². The van der Waals surface area contributed by atoms with Crippen LogP contribution >= 0.6 is 24.8 Å². The molecular formula is C39H52Cl2Zr. The van der Waals surface area contributed by atoms with E-state index in [0.717, 1.165) is 6.42 Å². The van der Waals surface area contributed by atoms with Gasteiger partial charge in [-0.05, 0) is 0 Å². The van der Waals surface area contributed by atoms with Gasteiger partial charge in [-0.3, -0.25) is 0 Å². The van der Waals surface area contributed by atoms with Crippen LogP contribution < -0.4 is 6.54 Å². The third kappa shape index (κ3) is 5.46. The number of hydrogen-bond acceptors (Lipinski definition) is 0. The molecular weight excluding hydrogens is 631 g/mol. The van der Waals surface area contributed by atoms with E-state index >= 15 is 0 Å². The molecule has 0 radical (unpaired) electrons. The Morgan fingerprint density at radius 2 is 1.38 bits per heavy atom. The van der Waals surface area contributed by atoms with E-state index in [9.17, 15) is 0 Å². The second-order valence-electron chi connectivity index (χ2n) is 15.6. The van der Waals surface area contributed by atoms with E-state index in [0.29, 0.717) is 11.8 Å². The van der Waals surface area contributed by atoms with Crippen molar-refractivity contribution in [2.24, 2.45) is 11.8 Å². The summed E-state index contributed by atoms with van der Waals surface area (Å²) in [5.74, 6) is 0.914. The number of halogens is 2. The topological polar surface area (TPSA) is 0 Å². The van der Waals surface area contributed by atoms with Gasteiger partial charge in [-0.2, -0.15) is 0 Å². The van der Waals surface area contributed by atoms with Crippen LogP contribution in [0.25, 0.3) is 11.1 Å². The first-order chi connectivity index (χ1) is 18.4. The van der Waals surface area contributed by atoms with Crippen molar-refractivity contribution >= 4 is 35.6 Å². The zero-order valence-electron chi connectivity index (χ0n) is 27.7. The third-order valence-corrected chi connectivity index (χ3v) is 25.1. The van der Waals surface area contributed by atoms with Gasteiger partial charge in [-0.15, -0.1) is 24.8 Å². The van der Waals surface area contributed by atoms with Gasteiger partial charge in [-0.25, -0.2) is 0 Å². The molecule has 0 saturated heterocycles. The maximum absolute atomic E-state index is 5.56. The molecule has 0 bridgehead atoms. The maximum atomic E-state index is 5.56. The van der Waals surface area contributed by atoms with Crippen molar-refractivity contribution in [1.29, 1.82) is 0 Å². The third-order valence-electron chi connectivity index (χ3n) is 10.1. The fourth-order valence-electron chi connectivity index (χ4n) is 7.85. The SMILES string of the molecule is Cl.Cl.[CH2]=[Zr]([CH3])([C]1=C(C)C(C(C)C)=CC1C)([c]1ccccc1)[c]1cc(C(C)(C)C)cc2c1Cc1ccc(C(C)(C)C)cc1-2. The van der Waals surface area contributed by atoms with Gasteiger partial charge >= 0.3 is 247 Å². The molecule has 3 heteroatoms. The molecule has 0 heterocycles. The minimum atomic E-state index is -4.36. The second-order valence-corrected chi connectivity index (χ2v) is 29.5. The molecule has 0 aromatic heterocycles. The molecule has 2 aliphatic carbocycles. The van der Waals surface area contributed by atoms with E-state index in [1.165, 1.54) is 47.8 Å². The Labute approximate surface area is 269 Å². The zero-order valence-corrected chi connectivity index (χ0v) is 31.8. The van der Waals surface area contributed by atoms with Crippen molar-refractivity contribution in [3.63, 3.8) is 0 Å². The van der Waals surface area contributed by atoms with Crippen molar-refractivity contribution in [3.05, 3.63) is 103 Å². The summed E-state index contributed by atoms with van der Waals surface area (Å²) in [5.41, 5.74) is 11.9. The first-order valence-corrected chi connectivity index (χ1v) is 23.2. The monoisotopic (exact) mass is 680 g/mol. The molecule has 3 aromatic carbocycles. The average molecular weight is 683 g/mol. The summed E-state index contributed by atoms with van der Waals surface area (Å²) in [6.07, 6.45) is 3.55. The first-order valence-electron chi connectivity index (χ1n) is 15.3. The van der Waals surface area contributed by atoms with Crippen LogP contribution in [0, 0.1) is 11.8 Å². The number of rotatable bonds is 4. The Hall–Kier alpha value is -1.53. The predicted molar refractivity (Wildman–Crippen MR) is 190 cm³/mol. The van der Waals surface area contributed by atoms with E-state index in [4.69, 9.17) is 4.21 Å². The average Bonchev–Trinajstić information content (AvgIpc) is 3.39. The Kier molecular flexibility index (Phi) is 9.52. The van der Waals surface area contributed by atoms with Gasteiger partial charge in [0.15, 0.2) is 0 Å². The number of fused-ring (bicyclic) bond motifs is 3. The number of hydrogen-bond donors (Lipinski definition) is 0. The summed E-state index contributed by atoms with van der Waals surface area (Å²) < 4.78 is 12.9. The van der Waals surface area contributed by atoms with Crippen LogP contribution in [-0.4, -0.2) is 4.21 Å². The van der Waals surface area contributed by atoms with E-state index < -0.39 is 18.3 Å². The standard InChI is InChI=1S/C21H25.C10H15.C6H5.CH3.CH2.2ClH.Zr/c1-20(2,3)16-9-7-14-11-15-8-10-17(21(4,5)6)13-19(15)18(14)12-16;1-7(2)10-6-8(3)5-9(10)4;1-2-4-6-5-3-1;;;;;/h7,9-10,12-13H,11H2,1-6H3;6-8H,1-4H3;1-5H;1H3;1H2;2*1H;. The molecule has 0 saturated carbocycles. The molecule has 0 amide bonds. The van der Waals surface area contributed by atoms with E-state index in [-0.39, 0.29) is 35.6 Å². The molecule has 1 unspecified atom stereocenters. The van der Waals surface area contributed by atoms with E-state index in [1.54, 1.807) is 6.55 Å². The van der Waals surface area contributed by atoms with Crippen LogP contribution in [0.2, 0.25) is 4.63 Å². The molecule has 0 fully saturated rings. The summed E-state index contributed by atoms with van der Waals surface area (Å²) in [7, 11) is 0. The van der Waals surface area contributed by atoms with E-state index in [2.05, 4.69) is 141 Å². The van der Waals surface area contributed by atoms with Gasteiger partial charge in [0.1, 0.15) is 0 Å². The summed E-state index contributed by atoms with van der Waals surface area (Å²) in [5, 5.41) is 0. The zero-order chi connectivity index (χ0) is 29.4. The first kappa shape index (κ1) is 35.0. The summed E-state index contributed by atoms with van der Waals surface area (Å²) in [6.45, 7) is 23.6. The van der Waals surface area contributed by atoms with Gasteiger partial charge in [-0.1, -0.05) is 0 Å². The minimum absolute atomic E-state index is 0. The fraction of sp³-hybridized carbons (Fsp3) is 0.410. The molecule has 5 rings (SSSR count). The number of benzene rings is 3. The van der Waals surface area contributed by atoms with Crippen LogP contribution in [0.15, 0.2) is 81.2 Å². The van der Waals surface area contributed by atoms with Crippen molar-refractivity contribution in [1.82, 2.24) is 0 Å². The second kappa shape index (κ2) is 11.4. The van der Waals surface area contributed by atoms with Crippen LogP contribution in [-0.2, 0) is 35.5 Å². The molecule has 0 aliphatic heterocycles. The van der Waals surface area contributed by atoms with Gasteiger partial charge in [0, 0.05) is 0 Å². The summed E-state index contributed by atoms with van der Waals surface area (Å²) in [4.78, 5) is 0. The van der Waals surface area contributed by atoms with Crippen molar-refractivity contribution in [3.8, 4) is 11.1 Å². The molecule has 0 spiro atoms. The fourth-order valence-corrected chi connectivity index (χ4v) is 22.8. The van der Waals surface area contributed by atoms with Crippen LogP contribution in [0.5, 0.6) is 0 Å². The molecule has 0 nitrogen and oxygen atoms in total. The van der Waals surface area contributed by atoms with E-state index in [1.807, 2.05) is 0 Å².